The van der Waals surface area contributed by atoms with Crippen LogP contribution in [0.15, 0.2) is 24.3 Å². The number of ether oxygens (including phenoxy) is 1. The average molecular weight is 282 g/mol. The van der Waals surface area contributed by atoms with Gasteiger partial charge in [-0.3, -0.25) is 4.90 Å². The van der Waals surface area contributed by atoms with Crippen molar-refractivity contribution in [3.05, 3.63) is 35.6 Å². The van der Waals surface area contributed by atoms with E-state index in [-0.39, 0.29) is 11.4 Å². The molecule has 0 aromatic heterocycles. The van der Waals surface area contributed by atoms with Crippen LogP contribution < -0.4 is 5.73 Å². The van der Waals surface area contributed by atoms with E-state index in [1.54, 1.807) is 19.2 Å². The highest BCUT2D eigenvalue weighted by Crippen LogP contribution is 2.23. The average Bonchev–Trinajstić information content (AvgIpc) is 2.38. The molecule has 0 spiro atoms. The Labute approximate surface area is 121 Å². The molecule has 0 bridgehead atoms. The van der Waals surface area contributed by atoms with Crippen molar-refractivity contribution in [1.82, 2.24) is 4.90 Å². The van der Waals surface area contributed by atoms with Gasteiger partial charge in [0, 0.05) is 31.8 Å². The monoisotopic (exact) mass is 282 g/mol. The second-order valence-electron chi connectivity index (χ2n) is 5.79. The minimum atomic E-state index is -0.208. The third kappa shape index (κ3) is 4.54. The number of nitrogens with two attached hydrogens (primary N) is 1. The highest BCUT2D eigenvalue weighted by molar-refractivity contribution is 5.19. The van der Waals surface area contributed by atoms with Crippen LogP contribution in [0, 0.1) is 5.82 Å². The molecule has 3 nitrogen and oxygen atoms in total. The predicted octanol–water partition coefficient (Wildman–Crippen LogP) is 2.44. The zero-order chi connectivity index (χ0) is 15.2. The summed E-state index contributed by atoms with van der Waals surface area (Å²) in [5.74, 6) is -0.199. The molecule has 0 aliphatic heterocycles. The molecule has 0 heterocycles. The van der Waals surface area contributed by atoms with E-state index >= 15 is 0 Å². The summed E-state index contributed by atoms with van der Waals surface area (Å²) in [5.41, 5.74) is 6.79. The van der Waals surface area contributed by atoms with Crippen molar-refractivity contribution < 1.29 is 9.13 Å². The highest BCUT2D eigenvalue weighted by Gasteiger charge is 2.32. The first-order chi connectivity index (χ1) is 9.42. The molecule has 2 N–H and O–H groups in total. The standard InChI is InChI=1S/C16H27FN2O/c1-13(2)19(8-9-20-4)16(3,12-18)11-14-6-5-7-15(17)10-14/h5-7,10,13H,8-9,11-12,18H2,1-4H3. The quantitative estimate of drug-likeness (QED) is 0.796. The van der Waals surface area contributed by atoms with Gasteiger partial charge in [-0.15, -0.1) is 0 Å². The first kappa shape index (κ1) is 17.1. The first-order valence-corrected chi connectivity index (χ1v) is 7.13. The van der Waals surface area contributed by atoms with Crippen molar-refractivity contribution in [2.45, 2.75) is 38.8 Å². The second kappa shape index (κ2) is 7.72. The Morgan fingerprint density at radius 1 is 1.40 bits per heavy atom. The zero-order valence-electron chi connectivity index (χ0n) is 13.0. The van der Waals surface area contributed by atoms with Crippen molar-refractivity contribution in [2.75, 3.05) is 26.8 Å². The molecule has 1 rings (SSSR count). The Balaban J connectivity index is 2.92. The molecule has 1 aromatic carbocycles. The summed E-state index contributed by atoms with van der Waals surface area (Å²) in [6.45, 7) is 8.43. The largest absolute Gasteiger partial charge is 0.383 e. The Kier molecular flexibility index (Phi) is 6.59. The van der Waals surface area contributed by atoms with E-state index in [0.29, 0.717) is 19.2 Å². The number of hydrogen-bond acceptors (Lipinski definition) is 3. The topological polar surface area (TPSA) is 38.5 Å². The summed E-state index contributed by atoms with van der Waals surface area (Å²) in [7, 11) is 1.70. The van der Waals surface area contributed by atoms with Crippen LogP contribution in [-0.2, 0) is 11.2 Å². The third-order valence-electron chi connectivity index (χ3n) is 3.77. The first-order valence-electron chi connectivity index (χ1n) is 7.13. The van der Waals surface area contributed by atoms with E-state index in [1.165, 1.54) is 6.07 Å². The maximum Gasteiger partial charge on any atom is 0.123 e. The van der Waals surface area contributed by atoms with E-state index in [2.05, 4.69) is 25.7 Å². The molecular weight excluding hydrogens is 255 g/mol. The van der Waals surface area contributed by atoms with Crippen LogP contribution in [0.4, 0.5) is 4.39 Å². The fraction of sp³-hybridized carbons (Fsp3) is 0.625. The predicted molar refractivity (Wildman–Crippen MR) is 81.3 cm³/mol. The van der Waals surface area contributed by atoms with Gasteiger partial charge < -0.3 is 10.5 Å². The van der Waals surface area contributed by atoms with Gasteiger partial charge in [-0.1, -0.05) is 12.1 Å². The van der Waals surface area contributed by atoms with Gasteiger partial charge in [-0.2, -0.15) is 0 Å². The lowest BCUT2D eigenvalue weighted by Gasteiger charge is -2.43. The Hall–Kier alpha value is -0.970. The van der Waals surface area contributed by atoms with Crippen LogP contribution in [0.2, 0.25) is 0 Å². The van der Waals surface area contributed by atoms with Crippen molar-refractivity contribution >= 4 is 0 Å². The van der Waals surface area contributed by atoms with Gasteiger partial charge in [-0.25, -0.2) is 4.39 Å². The molecular formula is C16H27FN2O. The number of methoxy groups -OCH3 is 1. The molecule has 4 heteroatoms. The lowest BCUT2D eigenvalue weighted by Crippen LogP contribution is -2.56. The van der Waals surface area contributed by atoms with Gasteiger partial charge >= 0.3 is 0 Å². The second-order valence-corrected chi connectivity index (χ2v) is 5.79. The fourth-order valence-corrected chi connectivity index (χ4v) is 2.72. The number of rotatable bonds is 8. The number of hydrogen-bond donors (Lipinski definition) is 1. The molecule has 1 unspecified atom stereocenters. The van der Waals surface area contributed by atoms with E-state index in [1.807, 2.05) is 6.07 Å². The van der Waals surface area contributed by atoms with Crippen LogP contribution in [0.5, 0.6) is 0 Å². The lowest BCUT2D eigenvalue weighted by molar-refractivity contribution is 0.0450. The van der Waals surface area contributed by atoms with Crippen LogP contribution >= 0.6 is 0 Å². The molecule has 114 valence electrons. The molecule has 0 fully saturated rings. The lowest BCUT2D eigenvalue weighted by atomic mass is 9.89. The summed E-state index contributed by atoms with van der Waals surface area (Å²) in [4.78, 5) is 2.33. The molecule has 0 amide bonds. The fourth-order valence-electron chi connectivity index (χ4n) is 2.72. The van der Waals surface area contributed by atoms with Gasteiger partial charge in [0.05, 0.1) is 6.61 Å². The van der Waals surface area contributed by atoms with E-state index in [4.69, 9.17) is 10.5 Å². The van der Waals surface area contributed by atoms with Crippen molar-refractivity contribution in [3.8, 4) is 0 Å². The van der Waals surface area contributed by atoms with Gasteiger partial charge in [-0.05, 0) is 44.9 Å². The molecule has 0 aliphatic carbocycles. The van der Waals surface area contributed by atoms with Crippen molar-refractivity contribution in [2.24, 2.45) is 5.73 Å². The van der Waals surface area contributed by atoms with E-state index in [0.717, 1.165) is 18.5 Å². The minimum absolute atomic E-state index is 0.199. The summed E-state index contributed by atoms with van der Waals surface area (Å²) >= 11 is 0. The third-order valence-corrected chi connectivity index (χ3v) is 3.77. The Morgan fingerprint density at radius 2 is 2.10 bits per heavy atom. The molecule has 1 aromatic rings. The normalized spacial score (nSPS) is 14.8. The van der Waals surface area contributed by atoms with Gasteiger partial charge in [0.15, 0.2) is 0 Å². The van der Waals surface area contributed by atoms with Crippen molar-refractivity contribution in [3.63, 3.8) is 0 Å². The van der Waals surface area contributed by atoms with Crippen LogP contribution in [-0.4, -0.2) is 43.3 Å². The summed E-state index contributed by atoms with van der Waals surface area (Å²) in [6.07, 6.45) is 0.725. The molecule has 1 atom stereocenters. The highest BCUT2D eigenvalue weighted by atomic mass is 19.1. The summed E-state index contributed by atoms with van der Waals surface area (Å²) in [5, 5.41) is 0. The minimum Gasteiger partial charge on any atom is -0.383 e. The number of halogens is 1. The van der Waals surface area contributed by atoms with E-state index < -0.39 is 0 Å². The van der Waals surface area contributed by atoms with Crippen LogP contribution in [0.3, 0.4) is 0 Å². The van der Waals surface area contributed by atoms with Crippen LogP contribution in [0.25, 0.3) is 0 Å². The maximum absolute atomic E-state index is 13.3. The molecule has 20 heavy (non-hydrogen) atoms. The van der Waals surface area contributed by atoms with Crippen LogP contribution in [0.1, 0.15) is 26.3 Å². The summed E-state index contributed by atoms with van der Waals surface area (Å²) < 4.78 is 18.5. The summed E-state index contributed by atoms with van der Waals surface area (Å²) in [6, 6.07) is 7.10. The van der Waals surface area contributed by atoms with Gasteiger partial charge in [0.25, 0.3) is 0 Å². The molecule has 0 saturated carbocycles. The number of benzene rings is 1. The molecule has 0 saturated heterocycles. The van der Waals surface area contributed by atoms with Gasteiger partial charge in [0.1, 0.15) is 5.82 Å². The Bertz CT molecular complexity index is 411. The maximum atomic E-state index is 13.3. The smallest absolute Gasteiger partial charge is 0.123 e. The van der Waals surface area contributed by atoms with Crippen molar-refractivity contribution in [1.29, 1.82) is 0 Å². The Morgan fingerprint density at radius 3 is 2.60 bits per heavy atom. The molecule has 0 radical (unpaired) electrons. The zero-order valence-corrected chi connectivity index (χ0v) is 13.0. The van der Waals surface area contributed by atoms with Gasteiger partial charge in [0.2, 0.25) is 0 Å². The SMILES string of the molecule is COCCN(C(C)C)C(C)(CN)Cc1cccc(F)c1. The van der Waals surface area contributed by atoms with E-state index in [9.17, 15) is 4.39 Å². The number of nitrogens with zero attached hydrogens (tertiary/aromatic N) is 1. The molecule has 0 aliphatic rings.